The summed E-state index contributed by atoms with van der Waals surface area (Å²) in [5.74, 6) is 0. The van der Waals surface area contributed by atoms with E-state index in [0.29, 0.717) is 9.90 Å². The molecule has 0 radical (unpaired) electrons. The summed E-state index contributed by atoms with van der Waals surface area (Å²) in [5.41, 5.74) is 2.04. The van der Waals surface area contributed by atoms with Crippen molar-refractivity contribution in [2.24, 2.45) is 0 Å². The number of aryl methyl sites for hydroxylation is 3. The summed E-state index contributed by atoms with van der Waals surface area (Å²) in [6.45, 7) is 5.95. The van der Waals surface area contributed by atoms with Gasteiger partial charge in [-0.05, 0) is 44.0 Å². The zero-order chi connectivity index (χ0) is 14.9. The second-order valence-corrected chi connectivity index (χ2v) is 8.03. The summed E-state index contributed by atoms with van der Waals surface area (Å²) < 4.78 is 26.3. The topological polar surface area (TPSA) is 63.2 Å². The van der Waals surface area contributed by atoms with Crippen molar-refractivity contribution in [2.75, 3.05) is 7.05 Å². The van der Waals surface area contributed by atoms with Gasteiger partial charge in [0.25, 0.3) is 0 Å². The molecule has 0 aliphatic carbocycles. The Hall–Kier alpha value is -1.31. The van der Waals surface area contributed by atoms with E-state index in [1.165, 1.54) is 15.6 Å². The van der Waals surface area contributed by atoms with E-state index in [4.69, 9.17) is 0 Å². The largest absolute Gasteiger partial charge is 0.243 e. The lowest BCUT2D eigenvalue weighted by Gasteiger charge is -2.16. The molecule has 0 fully saturated rings. The molecule has 0 N–H and O–H groups in total. The first-order valence-corrected chi connectivity index (χ1v) is 8.39. The number of hydrogen-bond donors (Lipinski definition) is 0. The standard InChI is InChI=1S/C13H17N3O2S2/c1-9-5-6-12(7-10(9)2)20(17,18)16(4)8-13-15-14-11(3)19-13/h5-7H,8H2,1-4H3. The highest BCUT2D eigenvalue weighted by atomic mass is 32.2. The summed E-state index contributed by atoms with van der Waals surface area (Å²) in [4.78, 5) is 0.310. The van der Waals surface area contributed by atoms with E-state index in [-0.39, 0.29) is 6.54 Å². The SMILES string of the molecule is Cc1nnc(CN(C)S(=O)(=O)c2ccc(C)c(C)c2)s1. The number of nitrogens with zero attached hydrogens (tertiary/aromatic N) is 3. The van der Waals surface area contributed by atoms with Crippen LogP contribution in [0.2, 0.25) is 0 Å². The Labute approximate surface area is 123 Å². The van der Waals surface area contributed by atoms with Gasteiger partial charge in [-0.3, -0.25) is 0 Å². The monoisotopic (exact) mass is 311 g/mol. The van der Waals surface area contributed by atoms with Crippen molar-refractivity contribution < 1.29 is 8.42 Å². The molecule has 1 heterocycles. The summed E-state index contributed by atoms with van der Waals surface area (Å²) in [6.07, 6.45) is 0. The molecular weight excluding hydrogens is 294 g/mol. The molecule has 0 saturated carbocycles. The minimum Gasteiger partial charge on any atom is -0.207 e. The van der Waals surface area contributed by atoms with Crippen molar-refractivity contribution in [2.45, 2.75) is 32.2 Å². The molecule has 0 spiro atoms. The maximum Gasteiger partial charge on any atom is 0.243 e. The fourth-order valence-electron chi connectivity index (χ4n) is 1.73. The van der Waals surface area contributed by atoms with Crippen LogP contribution in [0.5, 0.6) is 0 Å². The third-order valence-electron chi connectivity index (χ3n) is 3.11. The Morgan fingerprint density at radius 3 is 2.40 bits per heavy atom. The normalized spacial score (nSPS) is 12.1. The van der Waals surface area contributed by atoms with Crippen molar-refractivity contribution >= 4 is 21.4 Å². The zero-order valence-electron chi connectivity index (χ0n) is 11.9. The second kappa shape index (κ2) is 5.59. The van der Waals surface area contributed by atoms with Crippen LogP contribution in [0.3, 0.4) is 0 Å². The van der Waals surface area contributed by atoms with Crippen LogP contribution in [0, 0.1) is 20.8 Å². The molecule has 2 aromatic rings. The highest BCUT2D eigenvalue weighted by molar-refractivity contribution is 7.89. The number of benzene rings is 1. The van der Waals surface area contributed by atoms with Gasteiger partial charge in [0.2, 0.25) is 10.0 Å². The molecule has 0 bridgehead atoms. The molecule has 0 amide bonds. The predicted molar refractivity (Wildman–Crippen MR) is 79.2 cm³/mol. The molecule has 108 valence electrons. The third kappa shape index (κ3) is 3.05. The number of hydrogen-bond acceptors (Lipinski definition) is 5. The van der Waals surface area contributed by atoms with Crippen molar-refractivity contribution in [1.29, 1.82) is 0 Å². The molecule has 2 rings (SSSR count). The van der Waals surface area contributed by atoms with E-state index >= 15 is 0 Å². The fourth-order valence-corrected chi connectivity index (χ4v) is 3.79. The van der Waals surface area contributed by atoms with E-state index in [1.54, 1.807) is 19.2 Å². The summed E-state index contributed by atoms with van der Waals surface area (Å²) in [6, 6.07) is 5.16. The number of aromatic nitrogens is 2. The van der Waals surface area contributed by atoms with Crippen molar-refractivity contribution in [3.63, 3.8) is 0 Å². The Kier molecular flexibility index (Phi) is 4.22. The van der Waals surface area contributed by atoms with Crippen molar-refractivity contribution in [3.05, 3.63) is 39.3 Å². The number of sulfonamides is 1. The minimum atomic E-state index is -3.49. The quantitative estimate of drug-likeness (QED) is 0.869. The molecule has 0 aliphatic heterocycles. The molecule has 0 saturated heterocycles. The van der Waals surface area contributed by atoms with Gasteiger partial charge in [0.05, 0.1) is 11.4 Å². The maximum atomic E-state index is 12.5. The molecule has 0 atom stereocenters. The molecule has 1 aromatic heterocycles. The molecule has 20 heavy (non-hydrogen) atoms. The van der Waals surface area contributed by atoms with E-state index in [1.807, 2.05) is 26.8 Å². The fraction of sp³-hybridized carbons (Fsp3) is 0.385. The maximum absolute atomic E-state index is 12.5. The summed E-state index contributed by atoms with van der Waals surface area (Å²) in [7, 11) is -1.94. The first-order valence-electron chi connectivity index (χ1n) is 6.13. The molecule has 7 heteroatoms. The zero-order valence-corrected chi connectivity index (χ0v) is 13.5. The van der Waals surface area contributed by atoms with Crippen LogP contribution >= 0.6 is 11.3 Å². The summed E-state index contributed by atoms with van der Waals surface area (Å²) >= 11 is 1.40. The first kappa shape index (κ1) is 15.1. The van der Waals surface area contributed by atoms with Crippen LogP contribution in [0.4, 0.5) is 0 Å². The average Bonchev–Trinajstić information content (AvgIpc) is 2.78. The highest BCUT2D eigenvalue weighted by Gasteiger charge is 2.22. The van der Waals surface area contributed by atoms with Crippen LogP contribution in [0.1, 0.15) is 21.1 Å². The Balaban J connectivity index is 2.27. The van der Waals surface area contributed by atoms with Gasteiger partial charge in [0, 0.05) is 7.05 Å². The average molecular weight is 311 g/mol. The van der Waals surface area contributed by atoms with E-state index < -0.39 is 10.0 Å². The predicted octanol–water partition coefficient (Wildman–Crippen LogP) is 2.28. The van der Waals surface area contributed by atoms with Crippen LogP contribution < -0.4 is 0 Å². The lowest BCUT2D eigenvalue weighted by atomic mass is 10.1. The van der Waals surface area contributed by atoms with Gasteiger partial charge >= 0.3 is 0 Å². The van der Waals surface area contributed by atoms with Gasteiger partial charge in [-0.1, -0.05) is 6.07 Å². The first-order chi connectivity index (χ1) is 9.30. The van der Waals surface area contributed by atoms with Crippen LogP contribution in [-0.4, -0.2) is 30.0 Å². The third-order valence-corrected chi connectivity index (χ3v) is 5.74. The Morgan fingerprint density at radius 2 is 1.85 bits per heavy atom. The van der Waals surface area contributed by atoms with Crippen molar-refractivity contribution in [1.82, 2.24) is 14.5 Å². The van der Waals surface area contributed by atoms with Crippen molar-refractivity contribution in [3.8, 4) is 0 Å². The smallest absolute Gasteiger partial charge is 0.207 e. The Bertz CT molecular complexity index is 723. The number of rotatable bonds is 4. The highest BCUT2D eigenvalue weighted by Crippen LogP contribution is 2.20. The van der Waals surface area contributed by atoms with Crippen LogP contribution in [-0.2, 0) is 16.6 Å². The van der Waals surface area contributed by atoms with Gasteiger partial charge in [-0.25, -0.2) is 8.42 Å². The van der Waals surface area contributed by atoms with E-state index in [2.05, 4.69) is 10.2 Å². The van der Waals surface area contributed by atoms with Gasteiger partial charge in [0.1, 0.15) is 10.0 Å². The van der Waals surface area contributed by atoms with Gasteiger partial charge in [0.15, 0.2) is 0 Å². The minimum absolute atomic E-state index is 0.237. The van der Waals surface area contributed by atoms with E-state index in [9.17, 15) is 8.42 Å². The summed E-state index contributed by atoms with van der Waals surface area (Å²) in [5, 5.41) is 9.38. The molecule has 0 aliphatic rings. The van der Waals surface area contributed by atoms with Gasteiger partial charge in [-0.15, -0.1) is 21.5 Å². The van der Waals surface area contributed by atoms with Gasteiger partial charge < -0.3 is 0 Å². The van der Waals surface area contributed by atoms with Gasteiger partial charge in [-0.2, -0.15) is 4.31 Å². The van der Waals surface area contributed by atoms with Crippen LogP contribution in [0.15, 0.2) is 23.1 Å². The van der Waals surface area contributed by atoms with Crippen LogP contribution in [0.25, 0.3) is 0 Å². The Morgan fingerprint density at radius 1 is 1.15 bits per heavy atom. The molecule has 5 nitrogen and oxygen atoms in total. The lowest BCUT2D eigenvalue weighted by molar-refractivity contribution is 0.464. The molecular formula is C13H17N3O2S2. The van der Waals surface area contributed by atoms with E-state index in [0.717, 1.165) is 16.1 Å². The molecule has 1 aromatic carbocycles. The second-order valence-electron chi connectivity index (χ2n) is 4.72. The molecule has 0 unspecified atom stereocenters. The lowest BCUT2D eigenvalue weighted by Crippen LogP contribution is -2.26.